The number of ether oxygens (including phenoxy) is 1. The van der Waals surface area contributed by atoms with E-state index >= 15 is 0 Å². The normalized spacial score (nSPS) is 16.1. The molecule has 148 valence electrons. The van der Waals surface area contributed by atoms with Crippen LogP contribution in [0.25, 0.3) is 0 Å². The van der Waals surface area contributed by atoms with Crippen molar-refractivity contribution in [3.8, 4) is 5.75 Å². The minimum Gasteiger partial charge on any atom is -0.484 e. The molecule has 1 unspecified atom stereocenters. The Morgan fingerprint density at radius 2 is 2.07 bits per heavy atom. The summed E-state index contributed by atoms with van der Waals surface area (Å²) < 4.78 is 31.7. The minimum absolute atomic E-state index is 0.110. The number of non-ortho nitro benzene ring substituents is 1. The molecule has 2 aromatic rings. The van der Waals surface area contributed by atoms with E-state index in [1.807, 2.05) is 4.90 Å². The van der Waals surface area contributed by atoms with Gasteiger partial charge in [0.05, 0.1) is 11.0 Å². The molecule has 7 nitrogen and oxygen atoms in total. The third-order valence-electron chi connectivity index (χ3n) is 4.54. The molecule has 9 heteroatoms. The van der Waals surface area contributed by atoms with Gasteiger partial charge in [-0.2, -0.15) is 0 Å². The highest BCUT2D eigenvalue weighted by Crippen LogP contribution is 2.25. The van der Waals surface area contributed by atoms with Crippen molar-refractivity contribution in [2.24, 2.45) is 5.92 Å². The average molecular weight is 391 g/mol. The van der Waals surface area contributed by atoms with Gasteiger partial charge in [-0.3, -0.25) is 14.9 Å². The second-order valence-electron chi connectivity index (χ2n) is 6.55. The van der Waals surface area contributed by atoms with Crippen LogP contribution >= 0.6 is 0 Å². The molecule has 0 aromatic heterocycles. The summed E-state index contributed by atoms with van der Waals surface area (Å²) in [6.07, 6.45) is 0.811. The van der Waals surface area contributed by atoms with E-state index in [1.165, 1.54) is 36.4 Å². The second kappa shape index (κ2) is 8.64. The number of hydrogen-bond acceptors (Lipinski definition) is 5. The Bertz CT molecular complexity index is 878. The predicted octanol–water partition coefficient (Wildman–Crippen LogP) is 2.89. The fourth-order valence-electron chi connectivity index (χ4n) is 3.06. The number of amides is 1. The van der Waals surface area contributed by atoms with Gasteiger partial charge in [-0.05, 0) is 30.5 Å². The van der Waals surface area contributed by atoms with Crippen LogP contribution in [0.4, 0.5) is 20.2 Å². The molecule has 1 heterocycles. The fraction of sp³-hybridized carbons (Fsp3) is 0.316. The lowest BCUT2D eigenvalue weighted by atomic mass is 10.1. The first-order valence-corrected chi connectivity index (χ1v) is 8.76. The van der Waals surface area contributed by atoms with Crippen molar-refractivity contribution in [1.29, 1.82) is 0 Å². The Morgan fingerprint density at radius 1 is 1.25 bits per heavy atom. The maximum Gasteiger partial charge on any atom is 0.273 e. The van der Waals surface area contributed by atoms with Crippen LogP contribution in [0.15, 0.2) is 42.5 Å². The fourth-order valence-corrected chi connectivity index (χ4v) is 3.06. The average Bonchev–Trinajstić information content (AvgIpc) is 3.16. The number of carbonyl (C=O) groups is 1. The van der Waals surface area contributed by atoms with Gasteiger partial charge in [-0.15, -0.1) is 0 Å². The largest absolute Gasteiger partial charge is 0.484 e. The lowest BCUT2D eigenvalue weighted by molar-refractivity contribution is -0.384. The third kappa shape index (κ3) is 4.93. The van der Waals surface area contributed by atoms with Gasteiger partial charge in [0.1, 0.15) is 5.75 Å². The molecule has 1 saturated heterocycles. The summed E-state index contributed by atoms with van der Waals surface area (Å²) in [6, 6.07) is 9.42. The molecular formula is C19H19F2N3O4. The van der Waals surface area contributed by atoms with Crippen LogP contribution < -0.4 is 15.0 Å². The first-order chi connectivity index (χ1) is 13.4. The first-order valence-electron chi connectivity index (χ1n) is 8.76. The van der Waals surface area contributed by atoms with Gasteiger partial charge in [0.15, 0.2) is 18.2 Å². The third-order valence-corrected chi connectivity index (χ3v) is 4.54. The van der Waals surface area contributed by atoms with Gasteiger partial charge in [0, 0.05) is 37.5 Å². The van der Waals surface area contributed by atoms with E-state index < -0.39 is 16.6 Å². The summed E-state index contributed by atoms with van der Waals surface area (Å²) in [5, 5.41) is 13.5. The Labute approximate surface area is 160 Å². The monoisotopic (exact) mass is 391 g/mol. The van der Waals surface area contributed by atoms with Crippen molar-refractivity contribution in [3.05, 3.63) is 64.2 Å². The highest BCUT2D eigenvalue weighted by atomic mass is 19.2. The van der Waals surface area contributed by atoms with Crippen LogP contribution in [0.1, 0.15) is 6.42 Å². The smallest absolute Gasteiger partial charge is 0.273 e. The van der Waals surface area contributed by atoms with Crippen LogP contribution in [0.2, 0.25) is 0 Å². The van der Waals surface area contributed by atoms with Crippen molar-refractivity contribution in [2.45, 2.75) is 6.42 Å². The number of nitrogens with one attached hydrogen (secondary N) is 1. The summed E-state index contributed by atoms with van der Waals surface area (Å²) in [6.45, 7) is 1.49. The number of anilines is 1. The van der Waals surface area contributed by atoms with Gasteiger partial charge in [-0.25, -0.2) is 8.78 Å². The number of halogens is 2. The predicted molar refractivity (Wildman–Crippen MR) is 98.3 cm³/mol. The van der Waals surface area contributed by atoms with Crippen LogP contribution in [0, 0.1) is 27.7 Å². The molecule has 0 radical (unpaired) electrons. The van der Waals surface area contributed by atoms with Crippen molar-refractivity contribution < 1.29 is 23.2 Å². The van der Waals surface area contributed by atoms with E-state index in [1.54, 1.807) is 0 Å². The van der Waals surface area contributed by atoms with E-state index in [0.29, 0.717) is 25.3 Å². The number of rotatable bonds is 7. The highest BCUT2D eigenvalue weighted by Gasteiger charge is 2.23. The van der Waals surface area contributed by atoms with Crippen molar-refractivity contribution >= 4 is 17.3 Å². The van der Waals surface area contributed by atoms with E-state index in [-0.39, 0.29) is 29.9 Å². The number of nitrogens with zero attached hydrogens (tertiary/aromatic N) is 2. The molecule has 0 saturated carbocycles. The zero-order valence-electron chi connectivity index (χ0n) is 14.9. The molecule has 1 fully saturated rings. The molecular weight excluding hydrogens is 372 g/mol. The molecule has 1 aliphatic rings. The summed E-state index contributed by atoms with van der Waals surface area (Å²) in [7, 11) is 0. The maximum absolute atomic E-state index is 13.4. The maximum atomic E-state index is 13.4. The summed E-state index contributed by atoms with van der Waals surface area (Å²) >= 11 is 0. The van der Waals surface area contributed by atoms with E-state index in [2.05, 4.69) is 5.32 Å². The van der Waals surface area contributed by atoms with Gasteiger partial charge < -0.3 is 15.0 Å². The molecule has 3 rings (SSSR count). The summed E-state index contributed by atoms with van der Waals surface area (Å²) in [5.74, 6) is -1.68. The van der Waals surface area contributed by atoms with Gasteiger partial charge in [-0.1, -0.05) is 6.07 Å². The molecule has 2 aromatic carbocycles. The van der Waals surface area contributed by atoms with Crippen LogP contribution in [-0.2, 0) is 4.79 Å². The Kier molecular flexibility index (Phi) is 6.03. The summed E-state index contributed by atoms with van der Waals surface area (Å²) in [5.41, 5.74) is 0.503. The lowest BCUT2D eigenvalue weighted by Crippen LogP contribution is -2.34. The molecule has 0 bridgehead atoms. The van der Waals surface area contributed by atoms with Gasteiger partial charge >= 0.3 is 0 Å². The molecule has 1 atom stereocenters. The molecule has 1 N–H and O–H groups in total. The zero-order chi connectivity index (χ0) is 20.1. The van der Waals surface area contributed by atoms with Crippen molar-refractivity contribution in [1.82, 2.24) is 5.32 Å². The van der Waals surface area contributed by atoms with Crippen LogP contribution in [-0.4, -0.2) is 37.1 Å². The Morgan fingerprint density at radius 3 is 2.82 bits per heavy atom. The zero-order valence-corrected chi connectivity index (χ0v) is 14.9. The van der Waals surface area contributed by atoms with Crippen molar-refractivity contribution in [2.75, 3.05) is 31.1 Å². The number of nitro benzene ring substituents is 1. The van der Waals surface area contributed by atoms with Gasteiger partial charge in [0.25, 0.3) is 11.6 Å². The Balaban J connectivity index is 1.43. The second-order valence-corrected chi connectivity index (χ2v) is 6.55. The molecule has 1 amide bonds. The first kappa shape index (κ1) is 19.5. The van der Waals surface area contributed by atoms with Crippen LogP contribution in [0.5, 0.6) is 5.75 Å². The molecule has 28 heavy (non-hydrogen) atoms. The van der Waals surface area contributed by atoms with E-state index in [0.717, 1.165) is 12.5 Å². The van der Waals surface area contributed by atoms with Gasteiger partial charge in [0.2, 0.25) is 0 Å². The van der Waals surface area contributed by atoms with E-state index in [9.17, 15) is 23.7 Å². The van der Waals surface area contributed by atoms with Crippen LogP contribution in [0.3, 0.4) is 0 Å². The molecule has 0 aliphatic carbocycles. The topological polar surface area (TPSA) is 84.7 Å². The molecule has 1 aliphatic heterocycles. The SMILES string of the molecule is O=C(COc1cccc([N+](=O)[O-])c1)NCC1CCN(c2ccc(F)c(F)c2)C1. The Hall–Kier alpha value is -3.23. The van der Waals surface area contributed by atoms with E-state index in [4.69, 9.17) is 4.74 Å². The summed E-state index contributed by atoms with van der Waals surface area (Å²) in [4.78, 5) is 24.1. The molecule has 0 spiro atoms. The quantitative estimate of drug-likeness (QED) is 0.580. The number of nitro groups is 1. The van der Waals surface area contributed by atoms with Crippen molar-refractivity contribution in [3.63, 3.8) is 0 Å². The standard InChI is InChI=1S/C19H19F2N3O4/c20-17-5-4-14(9-18(17)21)23-7-6-13(11-23)10-22-19(25)12-28-16-3-1-2-15(8-16)24(26)27/h1-5,8-9,13H,6-7,10-12H2,(H,22,25). The number of hydrogen-bond donors (Lipinski definition) is 1. The number of carbonyl (C=O) groups excluding carboxylic acids is 1. The lowest BCUT2D eigenvalue weighted by Gasteiger charge is -2.19. The highest BCUT2D eigenvalue weighted by molar-refractivity contribution is 5.77. The number of benzene rings is 2. The minimum atomic E-state index is -0.882.